The number of hydrogen-bond donors (Lipinski definition) is 1. The Morgan fingerprint density at radius 1 is 0.962 bits per heavy atom. The molecule has 3 aromatic carbocycles. The molecule has 7 heteroatoms. The van der Waals surface area contributed by atoms with Crippen LogP contribution in [0.3, 0.4) is 0 Å². The number of nitrogens with one attached hydrogen (secondary N) is 1. The Bertz CT molecular complexity index is 1000. The Kier molecular flexibility index (Phi) is 4.70. The molecule has 0 unspecified atom stereocenters. The number of non-ortho nitro benzene ring substituents is 1. The minimum Gasteiger partial charge on any atom is -0.496 e. The first-order chi connectivity index (χ1) is 12.5. The molecule has 0 saturated heterocycles. The summed E-state index contributed by atoms with van der Waals surface area (Å²) < 4.78 is 10.5. The summed E-state index contributed by atoms with van der Waals surface area (Å²) in [6, 6.07) is 15.1. The highest BCUT2D eigenvalue weighted by Gasteiger charge is 2.17. The van der Waals surface area contributed by atoms with Gasteiger partial charge in [-0.1, -0.05) is 24.3 Å². The largest absolute Gasteiger partial charge is 0.496 e. The third-order valence-electron chi connectivity index (χ3n) is 3.96. The first kappa shape index (κ1) is 17.2. The fourth-order valence-electron chi connectivity index (χ4n) is 2.65. The highest BCUT2D eigenvalue weighted by Crippen LogP contribution is 2.31. The van der Waals surface area contributed by atoms with Crippen LogP contribution in [0.2, 0.25) is 0 Å². The Labute approximate surface area is 149 Å². The molecule has 7 nitrogen and oxygen atoms in total. The van der Waals surface area contributed by atoms with Crippen molar-refractivity contribution in [3.8, 4) is 11.5 Å². The van der Waals surface area contributed by atoms with Crippen LogP contribution in [0.1, 0.15) is 10.4 Å². The number of nitro groups is 1. The third kappa shape index (κ3) is 3.27. The number of carbonyl (C=O) groups excluding carboxylic acids is 1. The zero-order valence-electron chi connectivity index (χ0n) is 14.2. The van der Waals surface area contributed by atoms with Crippen LogP contribution in [0, 0.1) is 10.1 Å². The average molecular weight is 352 g/mol. The van der Waals surface area contributed by atoms with Crippen molar-refractivity contribution in [2.24, 2.45) is 0 Å². The number of nitro benzene ring substituents is 1. The summed E-state index contributed by atoms with van der Waals surface area (Å²) in [5.74, 6) is 0.231. The van der Waals surface area contributed by atoms with Gasteiger partial charge in [0.15, 0.2) is 0 Å². The molecule has 0 spiro atoms. The zero-order chi connectivity index (χ0) is 18.7. The monoisotopic (exact) mass is 352 g/mol. The van der Waals surface area contributed by atoms with Crippen molar-refractivity contribution < 1.29 is 19.2 Å². The molecule has 3 rings (SSSR count). The van der Waals surface area contributed by atoms with Crippen molar-refractivity contribution in [2.75, 3.05) is 19.5 Å². The third-order valence-corrected chi connectivity index (χ3v) is 3.96. The molecule has 26 heavy (non-hydrogen) atoms. The van der Waals surface area contributed by atoms with Crippen LogP contribution in [0.5, 0.6) is 11.5 Å². The van der Waals surface area contributed by atoms with Gasteiger partial charge in [-0.25, -0.2) is 0 Å². The predicted molar refractivity (Wildman–Crippen MR) is 98.1 cm³/mol. The summed E-state index contributed by atoms with van der Waals surface area (Å²) in [5, 5.41) is 15.4. The van der Waals surface area contributed by atoms with Gasteiger partial charge >= 0.3 is 0 Å². The fourth-order valence-corrected chi connectivity index (χ4v) is 2.65. The number of methoxy groups -OCH3 is 2. The molecule has 0 bridgehead atoms. The normalized spacial score (nSPS) is 10.4. The summed E-state index contributed by atoms with van der Waals surface area (Å²) >= 11 is 0. The van der Waals surface area contributed by atoms with Gasteiger partial charge in [0.1, 0.15) is 11.5 Å². The SMILES string of the molecule is COc1cc([N+](=O)[O-])ccc1NC(=O)c1cc2ccccc2cc1OC. The van der Waals surface area contributed by atoms with Crippen molar-refractivity contribution in [1.29, 1.82) is 0 Å². The molecule has 0 heterocycles. The van der Waals surface area contributed by atoms with Crippen LogP contribution in [-0.2, 0) is 0 Å². The maximum atomic E-state index is 12.7. The van der Waals surface area contributed by atoms with E-state index in [-0.39, 0.29) is 11.4 Å². The summed E-state index contributed by atoms with van der Waals surface area (Å²) in [5.41, 5.74) is 0.563. The van der Waals surface area contributed by atoms with Crippen LogP contribution in [-0.4, -0.2) is 25.1 Å². The van der Waals surface area contributed by atoms with E-state index in [9.17, 15) is 14.9 Å². The Balaban J connectivity index is 1.98. The fraction of sp³-hybridized carbons (Fsp3) is 0.105. The van der Waals surface area contributed by atoms with Gasteiger partial charge in [0.05, 0.1) is 36.5 Å². The van der Waals surface area contributed by atoms with Gasteiger partial charge in [0.25, 0.3) is 11.6 Å². The van der Waals surface area contributed by atoms with Crippen molar-refractivity contribution in [3.05, 3.63) is 70.3 Å². The number of amides is 1. The van der Waals surface area contributed by atoms with E-state index in [2.05, 4.69) is 5.32 Å². The quantitative estimate of drug-likeness (QED) is 0.553. The highest BCUT2D eigenvalue weighted by molar-refractivity contribution is 6.09. The van der Waals surface area contributed by atoms with Gasteiger partial charge in [-0.15, -0.1) is 0 Å². The lowest BCUT2D eigenvalue weighted by Crippen LogP contribution is -2.14. The first-order valence-electron chi connectivity index (χ1n) is 7.74. The van der Waals surface area contributed by atoms with E-state index in [4.69, 9.17) is 9.47 Å². The number of hydrogen-bond acceptors (Lipinski definition) is 5. The number of fused-ring (bicyclic) bond motifs is 1. The van der Waals surface area contributed by atoms with Gasteiger partial charge in [-0.2, -0.15) is 0 Å². The molecular formula is C19H16N2O5. The first-order valence-corrected chi connectivity index (χ1v) is 7.74. The lowest BCUT2D eigenvalue weighted by atomic mass is 10.1. The van der Waals surface area contributed by atoms with Crippen LogP contribution in [0.4, 0.5) is 11.4 Å². The van der Waals surface area contributed by atoms with Crippen LogP contribution in [0.15, 0.2) is 54.6 Å². The second-order valence-electron chi connectivity index (χ2n) is 5.50. The summed E-state index contributed by atoms with van der Waals surface area (Å²) in [6.07, 6.45) is 0. The Morgan fingerprint density at radius 2 is 1.62 bits per heavy atom. The molecule has 132 valence electrons. The standard InChI is InChI=1S/C19H16N2O5/c1-25-17-10-13-6-4-3-5-12(13)9-15(17)19(22)20-16-8-7-14(21(23)24)11-18(16)26-2/h3-11H,1-2H3,(H,20,22). The van der Waals surface area contributed by atoms with E-state index in [1.54, 1.807) is 12.1 Å². The molecular weight excluding hydrogens is 336 g/mol. The van der Waals surface area contributed by atoms with Crippen molar-refractivity contribution in [3.63, 3.8) is 0 Å². The minimum absolute atomic E-state index is 0.122. The Hall–Kier alpha value is -3.61. The number of nitrogens with zero attached hydrogens (tertiary/aromatic N) is 1. The van der Waals surface area contributed by atoms with Gasteiger partial charge < -0.3 is 14.8 Å². The molecule has 0 aliphatic rings. The summed E-state index contributed by atoms with van der Waals surface area (Å²) in [7, 11) is 2.87. The molecule has 1 amide bonds. The zero-order valence-corrected chi connectivity index (χ0v) is 14.2. The van der Waals surface area contributed by atoms with Crippen molar-refractivity contribution in [1.82, 2.24) is 0 Å². The topological polar surface area (TPSA) is 90.7 Å². The van der Waals surface area contributed by atoms with Crippen molar-refractivity contribution >= 4 is 28.1 Å². The Morgan fingerprint density at radius 3 is 2.23 bits per heavy atom. The van der Waals surface area contributed by atoms with Crippen LogP contribution in [0.25, 0.3) is 10.8 Å². The maximum absolute atomic E-state index is 12.7. The molecule has 0 radical (unpaired) electrons. The van der Waals surface area contributed by atoms with Crippen LogP contribution >= 0.6 is 0 Å². The minimum atomic E-state index is -0.527. The van der Waals surface area contributed by atoms with E-state index < -0.39 is 10.8 Å². The molecule has 0 aromatic heterocycles. The second-order valence-corrected chi connectivity index (χ2v) is 5.50. The predicted octanol–water partition coefficient (Wildman–Crippen LogP) is 4.02. The highest BCUT2D eigenvalue weighted by atomic mass is 16.6. The van der Waals surface area contributed by atoms with Crippen LogP contribution < -0.4 is 14.8 Å². The van der Waals surface area contributed by atoms with Gasteiger partial charge in [0, 0.05) is 6.07 Å². The molecule has 0 saturated carbocycles. The second kappa shape index (κ2) is 7.10. The summed E-state index contributed by atoms with van der Waals surface area (Å²) in [6.45, 7) is 0. The van der Waals surface area contributed by atoms with E-state index in [1.165, 1.54) is 32.4 Å². The average Bonchev–Trinajstić information content (AvgIpc) is 2.66. The number of carbonyl (C=O) groups is 1. The van der Waals surface area contributed by atoms with E-state index in [0.29, 0.717) is 17.0 Å². The molecule has 0 aliphatic heterocycles. The van der Waals surface area contributed by atoms with Gasteiger partial charge in [-0.3, -0.25) is 14.9 Å². The van der Waals surface area contributed by atoms with Crippen molar-refractivity contribution in [2.45, 2.75) is 0 Å². The number of ether oxygens (including phenoxy) is 2. The number of anilines is 1. The maximum Gasteiger partial charge on any atom is 0.273 e. The lowest BCUT2D eigenvalue weighted by molar-refractivity contribution is -0.384. The molecule has 1 N–H and O–H groups in total. The molecule has 0 fully saturated rings. The van der Waals surface area contributed by atoms with E-state index in [0.717, 1.165) is 10.8 Å². The van der Waals surface area contributed by atoms with Gasteiger partial charge in [0.2, 0.25) is 0 Å². The smallest absolute Gasteiger partial charge is 0.273 e. The van der Waals surface area contributed by atoms with E-state index >= 15 is 0 Å². The molecule has 0 atom stereocenters. The summed E-state index contributed by atoms with van der Waals surface area (Å²) in [4.78, 5) is 23.1. The van der Waals surface area contributed by atoms with Gasteiger partial charge in [-0.05, 0) is 29.0 Å². The molecule has 0 aliphatic carbocycles. The lowest BCUT2D eigenvalue weighted by Gasteiger charge is -2.13. The number of benzene rings is 3. The number of rotatable bonds is 5. The van der Waals surface area contributed by atoms with E-state index in [1.807, 2.05) is 24.3 Å². The molecule has 3 aromatic rings.